The first-order valence-corrected chi connectivity index (χ1v) is 5.89. The van der Waals surface area contributed by atoms with Crippen molar-refractivity contribution in [1.29, 1.82) is 0 Å². The molecule has 0 amide bonds. The van der Waals surface area contributed by atoms with Crippen LogP contribution in [0, 0.1) is 0 Å². The molecule has 0 spiro atoms. The molecule has 0 saturated heterocycles. The first-order valence-electron chi connectivity index (χ1n) is 4.16. The summed E-state index contributed by atoms with van der Waals surface area (Å²) in [5.41, 5.74) is 7.53. The van der Waals surface area contributed by atoms with Crippen LogP contribution in [0.3, 0.4) is 0 Å². The molecule has 0 saturated carbocycles. The molecule has 1 aromatic heterocycles. The number of hydroxylamine groups is 1. The zero-order valence-electron chi connectivity index (χ0n) is 8.14. The number of anilines is 1. The second kappa shape index (κ2) is 5.75. The Hall–Kier alpha value is -1.03. The average molecular weight is 235 g/mol. The fraction of sp³-hybridized carbons (Fsp3) is 0.667. The van der Waals surface area contributed by atoms with Gasteiger partial charge in [0.05, 0.1) is 0 Å². The molecular weight excluding hydrogens is 222 g/mol. The minimum Gasteiger partial charge on any atom is -0.365 e. The van der Waals surface area contributed by atoms with E-state index in [1.165, 1.54) is 0 Å². The van der Waals surface area contributed by atoms with Crippen LogP contribution in [0.2, 0.25) is 0 Å². The Morgan fingerprint density at radius 1 is 1.67 bits per heavy atom. The minimum absolute atomic E-state index is 0.263. The summed E-state index contributed by atoms with van der Waals surface area (Å²) in [6, 6.07) is 0. The number of nitrogens with zero attached hydrogens (tertiary/aromatic N) is 2. The van der Waals surface area contributed by atoms with E-state index in [0.717, 1.165) is 0 Å². The number of aromatic nitrogens is 2. The molecule has 5 N–H and O–H groups in total. The third-order valence-corrected chi connectivity index (χ3v) is 2.41. The number of nitrogens with two attached hydrogens (primary N) is 1. The van der Waals surface area contributed by atoms with Crippen LogP contribution in [-0.2, 0) is 10.8 Å². The van der Waals surface area contributed by atoms with Gasteiger partial charge in [0, 0.05) is 29.4 Å². The van der Waals surface area contributed by atoms with Gasteiger partial charge in [-0.15, -0.1) is 0 Å². The van der Waals surface area contributed by atoms with Crippen molar-refractivity contribution in [3.05, 3.63) is 5.69 Å². The summed E-state index contributed by atoms with van der Waals surface area (Å²) in [5, 5.41) is 18.5. The summed E-state index contributed by atoms with van der Waals surface area (Å²) in [5.74, 6) is 0.808. The first kappa shape index (κ1) is 12.0. The molecule has 15 heavy (non-hydrogen) atoms. The highest BCUT2D eigenvalue weighted by Crippen LogP contribution is 2.13. The maximum atomic E-state index is 10.8. The van der Waals surface area contributed by atoms with Crippen LogP contribution < -0.4 is 16.5 Å². The van der Waals surface area contributed by atoms with Gasteiger partial charge in [-0.2, -0.15) is 5.48 Å². The summed E-state index contributed by atoms with van der Waals surface area (Å²) >= 11 is 0. The predicted octanol–water partition coefficient (Wildman–Crippen LogP) is -1.20. The summed E-state index contributed by atoms with van der Waals surface area (Å²) < 4.78 is 15.2. The van der Waals surface area contributed by atoms with Gasteiger partial charge in [0.15, 0.2) is 11.5 Å². The molecule has 2 unspecified atom stereocenters. The molecule has 1 rings (SSSR count). The van der Waals surface area contributed by atoms with Crippen LogP contribution in [0.1, 0.15) is 11.9 Å². The molecule has 0 fully saturated rings. The average Bonchev–Trinajstić information content (AvgIpc) is 2.64. The number of nitrogens with one attached hydrogen (secondary N) is 2. The molecule has 2 atom stereocenters. The third kappa shape index (κ3) is 3.55. The Kier molecular flexibility index (Phi) is 4.62. The minimum atomic E-state index is -0.884. The molecule has 0 aliphatic carbocycles. The van der Waals surface area contributed by atoms with Gasteiger partial charge in [-0.3, -0.25) is 4.21 Å². The topological polar surface area (TPSA) is 126 Å². The quantitative estimate of drug-likeness (QED) is 0.357. The maximum absolute atomic E-state index is 10.8. The van der Waals surface area contributed by atoms with Crippen LogP contribution in [0.4, 0.5) is 5.82 Å². The number of hydrogen-bond acceptors (Lipinski definition) is 8. The lowest BCUT2D eigenvalue weighted by Crippen LogP contribution is -2.27. The maximum Gasteiger partial charge on any atom is 0.197 e. The van der Waals surface area contributed by atoms with Gasteiger partial charge in [0.2, 0.25) is 0 Å². The fourth-order valence-corrected chi connectivity index (χ4v) is 1.29. The van der Waals surface area contributed by atoms with Crippen molar-refractivity contribution in [2.45, 2.75) is 6.17 Å². The Labute approximate surface area is 88.6 Å². The highest BCUT2D eigenvalue weighted by molar-refractivity contribution is 7.84. The Morgan fingerprint density at radius 3 is 3.00 bits per heavy atom. The van der Waals surface area contributed by atoms with E-state index in [-0.39, 0.29) is 5.69 Å². The Morgan fingerprint density at radius 2 is 2.40 bits per heavy atom. The molecule has 9 heteroatoms. The molecular formula is C6H13N5O3S. The molecule has 0 bridgehead atoms. The summed E-state index contributed by atoms with van der Waals surface area (Å²) in [6.45, 7) is 0.461. The number of hydrogen-bond donors (Lipinski definition) is 4. The van der Waals surface area contributed by atoms with Crippen LogP contribution in [0.5, 0.6) is 0 Å². The van der Waals surface area contributed by atoms with E-state index in [1.807, 2.05) is 5.48 Å². The van der Waals surface area contributed by atoms with Crippen molar-refractivity contribution in [2.75, 3.05) is 23.9 Å². The predicted molar refractivity (Wildman–Crippen MR) is 53.6 cm³/mol. The van der Waals surface area contributed by atoms with Gasteiger partial charge in [-0.25, -0.2) is 4.63 Å². The van der Waals surface area contributed by atoms with E-state index in [9.17, 15) is 4.21 Å². The van der Waals surface area contributed by atoms with Gasteiger partial charge in [0.1, 0.15) is 6.17 Å². The zero-order valence-corrected chi connectivity index (χ0v) is 8.95. The van der Waals surface area contributed by atoms with Gasteiger partial charge in [-0.1, -0.05) is 0 Å². The van der Waals surface area contributed by atoms with E-state index >= 15 is 0 Å². The summed E-state index contributed by atoms with van der Waals surface area (Å²) in [6.07, 6.45) is 0.732. The van der Waals surface area contributed by atoms with Crippen molar-refractivity contribution >= 4 is 16.6 Å². The van der Waals surface area contributed by atoms with Crippen molar-refractivity contribution in [2.24, 2.45) is 5.73 Å². The van der Waals surface area contributed by atoms with Gasteiger partial charge in [-0.05, 0) is 10.3 Å². The van der Waals surface area contributed by atoms with E-state index in [4.69, 9.17) is 10.9 Å². The van der Waals surface area contributed by atoms with Crippen molar-refractivity contribution in [3.8, 4) is 0 Å². The second-order valence-corrected chi connectivity index (χ2v) is 4.36. The van der Waals surface area contributed by atoms with Crippen LogP contribution in [0.15, 0.2) is 4.63 Å². The van der Waals surface area contributed by atoms with Crippen LogP contribution in [-0.4, -0.2) is 38.3 Å². The molecule has 0 radical (unpaired) electrons. The lowest BCUT2D eigenvalue weighted by atomic mass is 10.3. The summed E-state index contributed by atoms with van der Waals surface area (Å²) in [7, 11) is -0.884. The largest absolute Gasteiger partial charge is 0.365 e. The van der Waals surface area contributed by atoms with E-state index in [0.29, 0.717) is 18.1 Å². The highest BCUT2D eigenvalue weighted by atomic mass is 32.2. The van der Waals surface area contributed by atoms with Crippen molar-refractivity contribution < 1.29 is 14.0 Å². The standard InChI is InChI=1S/C6H13N5O3S/c1-15(13)3-2-8-6-4(5(7)9-12)10-14-11-6/h5,9,12H,2-3,7H2,1H3,(H,8,11). The van der Waals surface area contributed by atoms with Gasteiger partial charge < -0.3 is 16.3 Å². The Bertz CT molecular complexity index is 330. The van der Waals surface area contributed by atoms with E-state index in [1.54, 1.807) is 6.26 Å². The van der Waals surface area contributed by atoms with Gasteiger partial charge in [0.25, 0.3) is 0 Å². The normalized spacial score (nSPS) is 14.9. The first-order chi connectivity index (χ1) is 7.15. The molecule has 0 aliphatic heterocycles. The third-order valence-electron chi connectivity index (χ3n) is 1.63. The molecule has 86 valence electrons. The lowest BCUT2D eigenvalue weighted by molar-refractivity contribution is 0.125. The second-order valence-electron chi connectivity index (χ2n) is 2.81. The highest BCUT2D eigenvalue weighted by Gasteiger charge is 2.16. The zero-order chi connectivity index (χ0) is 11.3. The SMILES string of the molecule is CS(=O)CCNc1nonc1C(N)NO. The van der Waals surface area contributed by atoms with Crippen LogP contribution in [0.25, 0.3) is 0 Å². The van der Waals surface area contributed by atoms with Gasteiger partial charge >= 0.3 is 0 Å². The number of rotatable bonds is 6. The molecule has 0 aliphatic rings. The molecule has 1 heterocycles. The lowest BCUT2D eigenvalue weighted by Gasteiger charge is -2.07. The summed E-state index contributed by atoms with van der Waals surface area (Å²) in [4.78, 5) is 0. The molecule has 1 aromatic rings. The van der Waals surface area contributed by atoms with E-state index < -0.39 is 17.0 Å². The van der Waals surface area contributed by atoms with Crippen molar-refractivity contribution in [1.82, 2.24) is 15.8 Å². The monoisotopic (exact) mass is 235 g/mol. The smallest absolute Gasteiger partial charge is 0.197 e. The van der Waals surface area contributed by atoms with Crippen molar-refractivity contribution in [3.63, 3.8) is 0 Å². The van der Waals surface area contributed by atoms with Crippen LogP contribution >= 0.6 is 0 Å². The fourth-order valence-electron chi connectivity index (χ4n) is 0.896. The molecule has 0 aromatic carbocycles. The Balaban J connectivity index is 2.53. The van der Waals surface area contributed by atoms with E-state index in [2.05, 4.69) is 20.3 Å². The molecule has 8 nitrogen and oxygen atoms in total.